The fourth-order valence-electron chi connectivity index (χ4n) is 2.96. The molecule has 1 aromatic rings. The topological polar surface area (TPSA) is 72.5 Å². The molecule has 5 nitrogen and oxygen atoms in total. The van der Waals surface area contributed by atoms with Crippen LogP contribution in [-0.2, 0) is 14.3 Å². The number of carbonyl (C=O) groups is 3. The molecular formula is C18H19NO4. The quantitative estimate of drug-likeness (QED) is 0.515. The number of ether oxygens (including phenoxy) is 1. The predicted molar refractivity (Wildman–Crippen MR) is 85.3 cm³/mol. The number of Topliss-reactive ketones (excluding diaryl/α,β-unsaturated/α-hetero) is 1. The van der Waals surface area contributed by atoms with Gasteiger partial charge in [0.05, 0.1) is 12.3 Å². The van der Waals surface area contributed by atoms with E-state index in [1.807, 2.05) is 6.08 Å². The molecule has 1 aliphatic carbocycles. The number of hydrogen-bond acceptors (Lipinski definition) is 4. The van der Waals surface area contributed by atoms with Gasteiger partial charge in [0.15, 0.2) is 12.4 Å². The molecule has 0 unspecified atom stereocenters. The molecule has 0 saturated heterocycles. The summed E-state index contributed by atoms with van der Waals surface area (Å²) in [5.74, 6) is -0.707. The summed E-state index contributed by atoms with van der Waals surface area (Å²) in [6.45, 7) is 1.54. The zero-order chi connectivity index (χ0) is 16.4. The minimum Gasteiger partial charge on any atom is -0.457 e. The molecule has 1 heterocycles. The van der Waals surface area contributed by atoms with Gasteiger partial charge in [0.1, 0.15) is 0 Å². The van der Waals surface area contributed by atoms with E-state index < -0.39 is 0 Å². The van der Waals surface area contributed by atoms with Crippen LogP contribution >= 0.6 is 0 Å². The van der Waals surface area contributed by atoms with E-state index in [2.05, 4.69) is 11.4 Å². The van der Waals surface area contributed by atoms with Crippen molar-refractivity contribution < 1.29 is 19.1 Å². The molecule has 1 aromatic carbocycles. The number of amides is 1. The number of fused-ring (bicyclic) bond motifs is 1. The lowest BCUT2D eigenvalue weighted by Crippen LogP contribution is -2.16. The van der Waals surface area contributed by atoms with E-state index in [0.29, 0.717) is 12.0 Å². The average Bonchev–Trinajstić information content (AvgIpc) is 3.14. The zero-order valence-electron chi connectivity index (χ0n) is 13.0. The lowest BCUT2D eigenvalue weighted by molar-refractivity contribution is -0.143. The Morgan fingerprint density at radius 1 is 1.35 bits per heavy atom. The van der Waals surface area contributed by atoms with Gasteiger partial charge in [0, 0.05) is 11.3 Å². The van der Waals surface area contributed by atoms with E-state index in [0.717, 1.165) is 24.1 Å². The van der Waals surface area contributed by atoms with Crippen molar-refractivity contribution in [2.45, 2.75) is 32.1 Å². The second-order valence-electron chi connectivity index (χ2n) is 6.07. The van der Waals surface area contributed by atoms with Crippen molar-refractivity contribution in [2.75, 3.05) is 11.9 Å². The van der Waals surface area contributed by atoms with Crippen LogP contribution in [0.2, 0.25) is 0 Å². The Morgan fingerprint density at radius 2 is 2.17 bits per heavy atom. The first-order valence-electron chi connectivity index (χ1n) is 7.85. The van der Waals surface area contributed by atoms with Crippen LogP contribution in [0.1, 0.15) is 48.0 Å². The normalized spacial score (nSPS) is 21.9. The van der Waals surface area contributed by atoms with Crippen molar-refractivity contribution in [3.05, 3.63) is 41.5 Å². The van der Waals surface area contributed by atoms with Crippen LogP contribution in [0, 0.1) is 5.92 Å². The molecule has 0 fully saturated rings. The standard InChI is InChI=1S/C18H19NO4/c1-11-14-9-13(6-7-15(14)19-18(11)22)16(20)10-23-17(21)8-12-4-2-3-5-12/h2,4,6-7,9,11-12H,3,5,8,10H2,1H3,(H,19,22)/t11-,12-/m1/s1. The number of nitrogens with one attached hydrogen (secondary N) is 1. The van der Waals surface area contributed by atoms with Crippen LogP contribution in [0.5, 0.6) is 0 Å². The second-order valence-corrected chi connectivity index (χ2v) is 6.07. The van der Waals surface area contributed by atoms with Crippen molar-refractivity contribution in [3.8, 4) is 0 Å². The lowest BCUT2D eigenvalue weighted by atomic mass is 9.99. The van der Waals surface area contributed by atoms with Gasteiger partial charge in [-0.3, -0.25) is 14.4 Å². The number of benzene rings is 1. The molecule has 0 radical (unpaired) electrons. The summed E-state index contributed by atoms with van der Waals surface area (Å²) in [5.41, 5.74) is 2.01. The maximum Gasteiger partial charge on any atom is 0.306 e. The van der Waals surface area contributed by atoms with E-state index in [1.165, 1.54) is 0 Å². The van der Waals surface area contributed by atoms with Gasteiger partial charge in [-0.1, -0.05) is 12.2 Å². The summed E-state index contributed by atoms with van der Waals surface area (Å²) in [5, 5.41) is 2.76. The number of hydrogen-bond donors (Lipinski definition) is 1. The van der Waals surface area contributed by atoms with Gasteiger partial charge < -0.3 is 10.1 Å². The third kappa shape index (κ3) is 3.33. The van der Waals surface area contributed by atoms with Gasteiger partial charge >= 0.3 is 5.97 Å². The fourth-order valence-corrected chi connectivity index (χ4v) is 2.96. The molecule has 0 aromatic heterocycles. The third-order valence-electron chi connectivity index (χ3n) is 4.40. The minimum atomic E-state index is -0.346. The van der Waals surface area contributed by atoms with E-state index in [1.54, 1.807) is 25.1 Å². The molecular weight excluding hydrogens is 294 g/mol. The molecule has 1 aliphatic heterocycles. The number of esters is 1. The smallest absolute Gasteiger partial charge is 0.306 e. The molecule has 0 bridgehead atoms. The molecule has 1 N–H and O–H groups in total. The Balaban J connectivity index is 1.57. The van der Waals surface area contributed by atoms with Crippen molar-refractivity contribution >= 4 is 23.3 Å². The maximum absolute atomic E-state index is 12.2. The molecule has 1 amide bonds. The Labute approximate surface area is 134 Å². The zero-order valence-corrected chi connectivity index (χ0v) is 13.0. The molecule has 0 saturated carbocycles. The third-order valence-corrected chi connectivity index (χ3v) is 4.40. The Morgan fingerprint density at radius 3 is 2.91 bits per heavy atom. The lowest BCUT2D eigenvalue weighted by Gasteiger charge is -2.09. The molecule has 2 atom stereocenters. The van der Waals surface area contributed by atoms with Crippen LogP contribution in [0.25, 0.3) is 0 Å². The first-order valence-corrected chi connectivity index (χ1v) is 7.85. The van der Waals surface area contributed by atoms with Crippen LogP contribution in [0.15, 0.2) is 30.4 Å². The summed E-state index contributed by atoms with van der Waals surface area (Å²) in [6.07, 6.45) is 6.37. The van der Waals surface area contributed by atoms with Crippen LogP contribution in [-0.4, -0.2) is 24.3 Å². The molecule has 120 valence electrons. The van der Waals surface area contributed by atoms with Gasteiger partial charge in [-0.25, -0.2) is 0 Å². The SMILES string of the molecule is C[C@H]1C(=O)Nc2ccc(C(=O)COC(=O)C[C@@H]3C=CCC3)cc21. The fraction of sp³-hybridized carbons (Fsp3) is 0.389. The molecule has 23 heavy (non-hydrogen) atoms. The molecule has 2 aliphatic rings. The highest BCUT2D eigenvalue weighted by Gasteiger charge is 2.27. The van der Waals surface area contributed by atoms with Crippen LogP contribution in [0.4, 0.5) is 5.69 Å². The van der Waals surface area contributed by atoms with E-state index >= 15 is 0 Å². The molecule has 3 rings (SSSR count). The molecule has 0 spiro atoms. The largest absolute Gasteiger partial charge is 0.457 e. The first-order chi connectivity index (χ1) is 11.0. The number of carbonyl (C=O) groups excluding carboxylic acids is 3. The Hall–Kier alpha value is -2.43. The molecule has 5 heteroatoms. The number of rotatable bonds is 5. The minimum absolute atomic E-state index is 0.0688. The summed E-state index contributed by atoms with van der Waals surface area (Å²) in [6, 6.07) is 5.07. The van der Waals surface area contributed by atoms with E-state index in [-0.39, 0.29) is 36.1 Å². The Bertz CT molecular complexity index is 692. The average molecular weight is 313 g/mol. The summed E-state index contributed by atoms with van der Waals surface area (Å²) in [4.78, 5) is 35.6. The van der Waals surface area contributed by atoms with Crippen molar-refractivity contribution in [2.24, 2.45) is 5.92 Å². The van der Waals surface area contributed by atoms with Gasteiger partial charge in [-0.05, 0) is 49.4 Å². The monoisotopic (exact) mass is 313 g/mol. The number of allylic oxidation sites excluding steroid dienone is 2. The summed E-state index contributed by atoms with van der Waals surface area (Å²) < 4.78 is 5.08. The van der Waals surface area contributed by atoms with Gasteiger partial charge in [0.2, 0.25) is 5.91 Å². The number of ketones is 1. The van der Waals surface area contributed by atoms with Crippen LogP contribution in [0.3, 0.4) is 0 Å². The Kier molecular flexibility index (Phi) is 4.28. The van der Waals surface area contributed by atoms with Crippen molar-refractivity contribution in [3.63, 3.8) is 0 Å². The summed E-state index contributed by atoms with van der Waals surface area (Å²) in [7, 11) is 0. The summed E-state index contributed by atoms with van der Waals surface area (Å²) >= 11 is 0. The second kappa shape index (κ2) is 6.36. The van der Waals surface area contributed by atoms with E-state index in [9.17, 15) is 14.4 Å². The van der Waals surface area contributed by atoms with Crippen LogP contribution < -0.4 is 5.32 Å². The first kappa shape index (κ1) is 15.5. The predicted octanol–water partition coefficient (Wildman–Crippen LogP) is 2.82. The van der Waals surface area contributed by atoms with Crippen molar-refractivity contribution in [1.29, 1.82) is 0 Å². The highest BCUT2D eigenvalue weighted by atomic mass is 16.5. The van der Waals surface area contributed by atoms with Crippen molar-refractivity contribution in [1.82, 2.24) is 0 Å². The number of anilines is 1. The van der Waals surface area contributed by atoms with Gasteiger partial charge in [0.25, 0.3) is 0 Å². The van der Waals surface area contributed by atoms with Gasteiger partial charge in [-0.2, -0.15) is 0 Å². The highest BCUT2D eigenvalue weighted by Crippen LogP contribution is 2.32. The van der Waals surface area contributed by atoms with E-state index in [4.69, 9.17) is 4.74 Å². The maximum atomic E-state index is 12.2. The van der Waals surface area contributed by atoms with Gasteiger partial charge in [-0.15, -0.1) is 0 Å². The highest BCUT2D eigenvalue weighted by molar-refractivity contribution is 6.05.